The number of para-hydroxylation sites is 1. The molecule has 0 aliphatic carbocycles. The fourth-order valence-corrected chi connectivity index (χ4v) is 4.22. The second-order valence-corrected chi connectivity index (χ2v) is 9.19. The van der Waals surface area contributed by atoms with Crippen molar-refractivity contribution in [3.8, 4) is 16.9 Å². The Labute approximate surface area is 192 Å². The van der Waals surface area contributed by atoms with E-state index in [1.165, 1.54) is 18.4 Å². The van der Waals surface area contributed by atoms with E-state index in [1.807, 2.05) is 44.2 Å². The fraction of sp³-hybridized carbons (Fsp3) is 0.250. The highest BCUT2D eigenvalue weighted by atomic mass is 31.1. The van der Waals surface area contributed by atoms with Crippen molar-refractivity contribution in [2.45, 2.75) is 32.3 Å². The standard InChI is InChI=1S/C24H26FN2O5P/c1-16(2)23-21(12-13-32-33(31)15-20(28)14-22(29)30)24(17-8-10-18(25)11-9-17)27(26-23)19-6-4-3-5-7-19/h3-13,16,20,28,33H,14-15H2,1-2H3,(H,29,30)/b13-12+. The average Bonchev–Trinajstić information content (AvgIpc) is 3.14. The number of carbonyl (C=O) groups is 1. The van der Waals surface area contributed by atoms with Gasteiger partial charge in [-0.2, -0.15) is 5.10 Å². The molecule has 0 bridgehead atoms. The van der Waals surface area contributed by atoms with Gasteiger partial charge in [0, 0.05) is 11.1 Å². The molecule has 0 radical (unpaired) electrons. The van der Waals surface area contributed by atoms with Crippen LogP contribution >= 0.6 is 8.03 Å². The molecule has 3 rings (SSSR count). The van der Waals surface area contributed by atoms with E-state index < -0.39 is 26.5 Å². The molecule has 1 heterocycles. The van der Waals surface area contributed by atoms with E-state index in [4.69, 9.17) is 14.7 Å². The Hall–Kier alpha value is -3.22. The maximum Gasteiger partial charge on any atom is 0.305 e. The molecule has 1 aromatic heterocycles. The molecule has 0 saturated heterocycles. The smallest absolute Gasteiger partial charge is 0.305 e. The number of aliphatic hydroxyl groups is 1. The largest absolute Gasteiger partial charge is 0.481 e. The quantitative estimate of drug-likeness (QED) is 0.315. The molecular formula is C24H26FN2O5P. The molecule has 3 aromatic rings. The minimum absolute atomic E-state index is 0.0447. The lowest BCUT2D eigenvalue weighted by atomic mass is 10.00. The Bertz CT molecular complexity index is 1140. The summed E-state index contributed by atoms with van der Waals surface area (Å²) in [4.78, 5) is 10.7. The summed E-state index contributed by atoms with van der Waals surface area (Å²) in [6.45, 7) is 3.99. The number of carboxylic acid groups (broad SMARTS) is 1. The Balaban J connectivity index is 1.99. The molecule has 2 N–H and O–H groups in total. The second kappa shape index (κ2) is 11.1. The summed E-state index contributed by atoms with van der Waals surface area (Å²) in [7, 11) is -2.69. The monoisotopic (exact) mass is 472 g/mol. The number of carboxylic acids is 1. The fourth-order valence-electron chi connectivity index (χ4n) is 3.37. The maximum atomic E-state index is 13.6. The third kappa shape index (κ3) is 6.40. The van der Waals surface area contributed by atoms with E-state index in [9.17, 15) is 18.9 Å². The van der Waals surface area contributed by atoms with Crippen molar-refractivity contribution in [3.05, 3.63) is 77.9 Å². The molecule has 7 nitrogen and oxygen atoms in total. The summed E-state index contributed by atoms with van der Waals surface area (Å²) in [6.07, 6.45) is 0.919. The van der Waals surface area contributed by atoms with Gasteiger partial charge >= 0.3 is 5.97 Å². The van der Waals surface area contributed by atoms with Crippen molar-refractivity contribution in [2.75, 3.05) is 6.16 Å². The minimum atomic E-state index is -2.69. The van der Waals surface area contributed by atoms with Crippen LogP contribution in [0.15, 0.2) is 60.9 Å². The number of halogens is 1. The molecule has 0 fully saturated rings. The van der Waals surface area contributed by atoms with Crippen LogP contribution in [0.2, 0.25) is 0 Å². The molecule has 0 aliphatic heterocycles. The number of aromatic nitrogens is 2. The maximum absolute atomic E-state index is 13.6. The van der Waals surface area contributed by atoms with Gasteiger partial charge in [-0.1, -0.05) is 32.0 Å². The van der Waals surface area contributed by atoms with Crippen LogP contribution in [0.3, 0.4) is 0 Å². The van der Waals surface area contributed by atoms with E-state index in [2.05, 4.69) is 0 Å². The van der Waals surface area contributed by atoms with Gasteiger partial charge in [0.25, 0.3) is 0 Å². The molecule has 0 spiro atoms. The van der Waals surface area contributed by atoms with Gasteiger partial charge in [-0.3, -0.25) is 9.36 Å². The third-order valence-corrected chi connectivity index (χ3v) is 6.07. The lowest BCUT2D eigenvalue weighted by Gasteiger charge is -2.09. The van der Waals surface area contributed by atoms with Crippen LogP contribution in [-0.4, -0.2) is 38.2 Å². The minimum Gasteiger partial charge on any atom is -0.481 e. The van der Waals surface area contributed by atoms with Crippen LogP contribution in [0.25, 0.3) is 23.0 Å². The number of aliphatic carboxylic acids is 1. The van der Waals surface area contributed by atoms with Crippen molar-refractivity contribution in [2.24, 2.45) is 0 Å². The number of rotatable bonds is 10. The number of hydrogen-bond acceptors (Lipinski definition) is 5. The van der Waals surface area contributed by atoms with Crippen molar-refractivity contribution in [1.29, 1.82) is 0 Å². The van der Waals surface area contributed by atoms with Gasteiger partial charge in [-0.15, -0.1) is 0 Å². The van der Waals surface area contributed by atoms with Crippen LogP contribution in [0.4, 0.5) is 4.39 Å². The van der Waals surface area contributed by atoms with Gasteiger partial charge in [0.2, 0.25) is 8.03 Å². The first-order chi connectivity index (χ1) is 15.8. The Morgan fingerprint density at radius 2 is 1.85 bits per heavy atom. The van der Waals surface area contributed by atoms with Crippen molar-refractivity contribution in [1.82, 2.24) is 9.78 Å². The predicted octanol–water partition coefficient (Wildman–Crippen LogP) is 5.10. The zero-order chi connectivity index (χ0) is 24.0. The molecule has 2 unspecified atom stereocenters. The first-order valence-corrected chi connectivity index (χ1v) is 12.0. The van der Waals surface area contributed by atoms with Gasteiger partial charge in [-0.05, 0) is 48.4 Å². The highest BCUT2D eigenvalue weighted by Crippen LogP contribution is 2.34. The van der Waals surface area contributed by atoms with E-state index in [1.54, 1.807) is 22.9 Å². The van der Waals surface area contributed by atoms with E-state index in [0.29, 0.717) is 0 Å². The van der Waals surface area contributed by atoms with Crippen LogP contribution in [0.5, 0.6) is 0 Å². The summed E-state index contributed by atoms with van der Waals surface area (Å²) in [5.74, 6) is -1.48. The lowest BCUT2D eigenvalue weighted by molar-refractivity contribution is -0.138. The molecular weight excluding hydrogens is 446 g/mol. The number of benzene rings is 2. The van der Waals surface area contributed by atoms with Gasteiger partial charge in [0.05, 0.1) is 42.0 Å². The van der Waals surface area contributed by atoms with E-state index in [-0.39, 0.29) is 17.9 Å². The summed E-state index contributed by atoms with van der Waals surface area (Å²) in [6, 6.07) is 15.6. The number of nitrogens with zero attached hydrogens (tertiary/aromatic N) is 2. The van der Waals surface area contributed by atoms with Crippen LogP contribution < -0.4 is 0 Å². The highest BCUT2D eigenvalue weighted by Gasteiger charge is 2.21. The van der Waals surface area contributed by atoms with E-state index in [0.717, 1.165) is 28.2 Å². The van der Waals surface area contributed by atoms with Gasteiger partial charge < -0.3 is 14.7 Å². The Kier molecular flexibility index (Phi) is 8.20. The molecule has 174 valence electrons. The summed E-state index contributed by atoms with van der Waals surface area (Å²) in [5, 5.41) is 23.2. The Morgan fingerprint density at radius 3 is 2.45 bits per heavy atom. The number of aliphatic hydroxyl groups excluding tert-OH is 1. The molecule has 0 saturated carbocycles. The molecule has 33 heavy (non-hydrogen) atoms. The van der Waals surface area contributed by atoms with E-state index >= 15 is 0 Å². The second-order valence-electron chi connectivity index (χ2n) is 7.80. The first kappa shape index (κ1) is 24.4. The average molecular weight is 472 g/mol. The van der Waals surface area contributed by atoms with Crippen molar-refractivity contribution >= 4 is 20.1 Å². The van der Waals surface area contributed by atoms with Crippen LogP contribution in [0, 0.1) is 5.82 Å². The summed E-state index contributed by atoms with van der Waals surface area (Å²) >= 11 is 0. The topological polar surface area (TPSA) is 102 Å². The lowest BCUT2D eigenvalue weighted by Crippen LogP contribution is -2.15. The summed E-state index contributed by atoms with van der Waals surface area (Å²) < 4.78 is 32.8. The van der Waals surface area contributed by atoms with Crippen LogP contribution in [-0.2, 0) is 13.9 Å². The third-order valence-electron chi connectivity index (χ3n) is 4.86. The highest BCUT2D eigenvalue weighted by molar-refractivity contribution is 7.39. The Morgan fingerprint density at radius 1 is 1.18 bits per heavy atom. The number of hydrogen-bond donors (Lipinski definition) is 2. The predicted molar refractivity (Wildman–Crippen MR) is 125 cm³/mol. The molecule has 2 atom stereocenters. The molecule has 0 amide bonds. The van der Waals surface area contributed by atoms with Crippen molar-refractivity contribution in [3.63, 3.8) is 0 Å². The van der Waals surface area contributed by atoms with Gasteiger partial charge in [0.15, 0.2) is 0 Å². The van der Waals surface area contributed by atoms with Crippen molar-refractivity contribution < 1.29 is 28.5 Å². The first-order valence-electron chi connectivity index (χ1n) is 10.5. The normalized spacial score (nSPS) is 13.4. The summed E-state index contributed by atoms with van der Waals surface area (Å²) in [5.41, 5.74) is 3.77. The zero-order valence-electron chi connectivity index (χ0n) is 18.3. The zero-order valence-corrected chi connectivity index (χ0v) is 19.3. The SMILES string of the molecule is CC(C)c1nn(-c2ccccc2)c(-c2ccc(F)cc2)c1/C=C/O[PH](=O)CC(O)CC(=O)O. The van der Waals surface area contributed by atoms with Gasteiger partial charge in [0.1, 0.15) is 5.82 Å². The molecule has 9 heteroatoms. The van der Waals surface area contributed by atoms with Gasteiger partial charge in [-0.25, -0.2) is 9.07 Å². The molecule has 0 aliphatic rings. The molecule has 2 aromatic carbocycles. The van der Waals surface area contributed by atoms with Crippen LogP contribution in [0.1, 0.15) is 37.4 Å².